The molecule has 98 valence electrons. The minimum Gasteiger partial charge on any atom is -0.493 e. The summed E-state index contributed by atoms with van der Waals surface area (Å²) in [6.07, 6.45) is 1.69. The molecule has 0 bridgehead atoms. The highest BCUT2D eigenvalue weighted by Crippen LogP contribution is 2.33. The second-order valence-corrected chi connectivity index (χ2v) is 5.27. The van der Waals surface area contributed by atoms with Crippen molar-refractivity contribution in [1.29, 1.82) is 0 Å². The maximum absolute atomic E-state index is 12.2. The van der Waals surface area contributed by atoms with Gasteiger partial charge >= 0.3 is 0 Å². The Morgan fingerprint density at radius 3 is 3.11 bits per heavy atom. The molecule has 4 heteroatoms. The highest BCUT2D eigenvalue weighted by molar-refractivity contribution is 7.81. The summed E-state index contributed by atoms with van der Waals surface area (Å²) >= 11 is 4.38. The average Bonchev–Trinajstić information content (AvgIpc) is 2.43. The molecular weight excluding hydrogens is 246 g/mol. The maximum atomic E-state index is 12.2. The third-order valence-electron chi connectivity index (χ3n) is 3.26. The van der Waals surface area contributed by atoms with E-state index in [2.05, 4.69) is 24.9 Å². The van der Waals surface area contributed by atoms with Crippen LogP contribution in [0, 0.1) is 0 Å². The average molecular weight is 265 g/mol. The van der Waals surface area contributed by atoms with Crippen molar-refractivity contribution in [3.8, 4) is 5.75 Å². The fraction of sp³-hybridized carbons (Fsp3) is 0.500. The van der Waals surface area contributed by atoms with Crippen LogP contribution in [0.5, 0.6) is 5.75 Å². The van der Waals surface area contributed by atoms with Crippen molar-refractivity contribution in [3.63, 3.8) is 0 Å². The van der Waals surface area contributed by atoms with E-state index in [1.54, 1.807) is 0 Å². The van der Waals surface area contributed by atoms with Crippen LogP contribution in [0.15, 0.2) is 24.3 Å². The summed E-state index contributed by atoms with van der Waals surface area (Å²) in [5.74, 6) is 0.826. The van der Waals surface area contributed by atoms with Crippen molar-refractivity contribution in [2.45, 2.75) is 30.9 Å². The number of benzene rings is 1. The van der Waals surface area contributed by atoms with Gasteiger partial charge in [-0.3, -0.25) is 4.79 Å². The van der Waals surface area contributed by atoms with Crippen molar-refractivity contribution in [3.05, 3.63) is 29.8 Å². The highest BCUT2D eigenvalue weighted by Gasteiger charge is 2.27. The van der Waals surface area contributed by atoms with E-state index in [-0.39, 0.29) is 17.1 Å². The summed E-state index contributed by atoms with van der Waals surface area (Å²) in [5, 5.41) is 3.20. The number of fused-ring (bicyclic) bond motifs is 1. The van der Waals surface area contributed by atoms with Gasteiger partial charge in [0.1, 0.15) is 5.75 Å². The van der Waals surface area contributed by atoms with Gasteiger partial charge in [-0.15, -0.1) is 0 Å². The first kappa shape index (κ1) is 13.3. The molecule has 2 unspecified atom stereocenters. The fourth-order valence-electron chi connectivity index (χ4n) is 2.10. The van der Waals surface area contributed by atoms with Gasteiger partial charge in [-0.05, 0) is 18.9 Å². The van der Waals surface area contributed by atoms with Gasteiger partial charge in [0.05, 0.1) is 12.5 Å². The fourth-order valence-corrected chi connectivity index (χ4v) is 2.19. The number of para-hydroxylation sites is 1. The Hall–Kier alpha value is -1.16. The van der Waals surface area contributed by atoms with E-state index >= 15 is 0 Å². The van der Waals surface area contributed by atoms with Crippen LogP contribution in [0.3, 0.4) is 0 Å². The summed E-state index contributed by atoms with van der Waals surface area (Å²) in [5.41, 5.74) is 0.994. The Kier molecular flexibility index (Phi) is 4.53. The number of ether oxygens (including phenoxy) is 1. The van der Waals surface area contributed by atoms with Gasteiger partial charge < -0.3 is 10.1 Å². The van der Waals surface area contributed by atoms with Gasteiger partial charge in [-0.2, -0.15) is 12.6 Å². The van der Waals surface area contributed by atoms with Crippen molar-refractivity contribution in [1.82, 2.24) is 5.32 Å². The Bertz CT molecular complexity index is 422. The monoisotopic (exact) mass is 265 g/mol. The minimum absolute atomic E-state index is 0.0817. The van der Waals surface area contributed by atoms with Crippen LogP contribution in [0.1, 0.15) is 31.2 Å². The van der Waals surface area contributed by atoms with E-state index < -0.39 is 0 Å². The number of hydrogen-bond donors (Lipinski definition) is 2. The number of carbonyl (C=O) groups is 1. The zero-order valence-electron chi connectivity index (χ0n) is 10.6. The standard InChI is InChI=1S/C14H19NO2S/c1-2-10(18)9-15-14(16)12-7-8-17-13-6-4-3-5-11(12)13/h3-6,10,12,18H,2,7-9H2,1H3,(H,15,16). The second-order valence-electron chi connectivity index (χ2n) is 4.53. The van der Waals surface area contributed by atoms with Gasteiger partial charge in [0.25, 0.3) is 0 Å². The maximum Gasteiger partial charge on any atom is 0.227 e. The predicted molar refractivity (Wildman–Crippen MR) is 75.4 cm³/mol. The Balaban J connectivity index is 2.04. The van der Waals surface area contributed by atoms with E-state index in [1.807, 2.05) is 24.3 Å². The van der Waals surface area contributed by atoms with Crippen LogP contribution in [0.2, 0.25) is 0 Å². The first-order valence-electron chi connectivity index (χ1n) is 6.40. The molecule has 1 heterocycles. The summed E-state index contributed by atoms with van der Waals surface area (Å²) in [6.45, 7) is 3.29. The van der Waals surface area contributed by atoms with Gasteiger partial charge in [-0.1, -0.05) is 25.1 Å². The predicted octanol–water partition coefficient (Wildman–Crippen LogP) is 2.38. The van der Waals surface area contributed by atoms with Crippen molar-refractivity contribution in [2.24, 2.45) is 0 Å². The molecule has 3 nitrogen and oxygen atoms in total. The van der Waals surface area contributed by atoms with Crippen LogP contribution < -0.4 is 10.1 Å². The molecule has 1 aromatic carbocycles. The molecule has 18 heavy (non-hydrogen) atoms. The summed E-state index contributed by atoms with van der Waals surface area (Å²) in [4.78, 5) is 12.2. The Morgan fingerprint density at radius 1 is 1.56 bits per heavy atom. The molecule has 1 amide bonds. The Labute approximate surface area is 113 Å². The van der Waals surface area contributed by atoms with Crippen LogP contribution in [0.4, 0.5) is 0 Å². The van der Waals surface area contributed by atoms with Crippen LogP contribution in [-0.4, -0.2) is 24.3 Å². The van der Waals surface area contributed by atoms with Gasteiger partial charge in [-0.25, -0.2) is 0 Å². The lowest BCUT2D eigenvalue weighted by atomic mass is 9.92. The third-order valence-corrected chi connectivity index (χ3v) is 3.81. The van der Waals surface area contributed by atoms with E-state index in [0.29, 0.717) is 13.2 Å². The summed E-state index contributed by atoms with van der Waals surface area (Å²) in [7, 11) is 0. The molecule has 0 saturated heterocycles. The molecule has 0 saturated carbocycles. The van der Waals surface area contributed by atoms with Crippen molar-refractivity contribution < 1.29 is 9.53 Å². The molecular formula is C14H19NO2S. The number of thiol groups is 1. The van der Waals surface area contributed by atoms with Crippen LogP contribution in [-0.2, 0) is 4.79 Å². The molecule has 0 aliphatic carbocycles. The molecule has 2 rings (SSSR count). The smallest absolute Gasteiger partial charge is 0.227 e. The summed E-state index contributed by atoms with van der Waals surface area (Å²) in [6, 6.07) is 7.76. The van der Waals surface area contributed by atoms with Crippen molar-refractivity contribution >= 4 is 18.5 Å². The van der Waals surface area contributed by atoms with Crippen LogP contribution >= 0.6 is 12.6 Å². The first-order chi connectivity index (χ1) is 8.72. The lowest BCUT2D eigenvalue weighted by Gasteiger charge is -2.25. The highest BCUT2D eigenvalue weighted by atomic mass is 32.1. The number of nitrogens with one attached hydrogen (secondary N) is 1. The van der Waals surface area contributed by atoms with E-state index in [0.717, 1.165) is 24.2 Å². The molecule has 0 radical (unpaired) electrons. The zero-order chi connectivity index (χ0) is 13.0. The molecule has 1 N–H and O–H groups in total. The minimum atomic E-state index is -0.0904. The van der Waals surface area contributed by atoms with E-state index in [9.17, 15) is 4.79 Å². The quantitative estimate of drug-likeness (QED) is 0.820. The van der Waals surface area contributed by atoms with Gasteiger partial charge in [0.15, 0.2) is 0 Å². The first-order valence-corrected chi connectivity index (χ1v) is 6.91. The molecule has 1 aliphatic heterocycles. The summed E-state index contributed by atoms with van der Waals surface area (Å²) < 4.78 is 5.56. The third kappa shape index (κ3) is 2.99. The van der Waals surface area contributed by atoms with Crippen molar-refractivity contribution in [2.75, 3.05) is 13.2 Å². The Morgan fingerprint density at radius 2 is 2.33 bits per heavy atom. The molecule has 0 aromatic heterocycles. The number of hydrogen-bond acceptors (Lipinski definition) is 3. The number of amides is 1. The van der Waals surface area contributed by atoms with E-state index in [1.165, 1.54) is 0 Å². The van der Waals surface area contributed by atoms with Crippen LogP contribution in [0.25, 0.3) is 0 Å². The number of rotatable bonds is 4. The lowest BCUT2D eigenvalue weighted by molar-refractivity contribution is -0.123. The second kappa shape index (κ2) is 6.14. The molecule has 1 aromatic rings. The molecule has 2 atom stereocenters. The molecule has 0 fully saturated rings. The molecule has 0 spiro atoms. The molecule has 1 aliphatic rings. The zero-order valence-corrected chi connectivity index (χ0v) is 11.5. The normalized spacial score (nSPS) is 19.6. The topological polar surface area (TPSA) is 38.3 Å². The number of carbonyl (C=O) groups excluding carboxylic acids is 1. The largest absolute Gasteiger partial charge is 0.493 e. The lowest BCUT2D eigenvalue weighted by Crippen LogP contribution is -2.35. The van der Waals surface area contributed by atoms with Gasteiger partial charge in [0, 0.05) is 17.4 Å². The van der Waals surface area contributed by atoms with Gasteiger partial charge in [0.2, 0.25) is 5.91 Å². The SMILES string of the molecule is CCC(S)CNC(=O)C1CCOc2ccccc21. The van der Waals surface area contributed by atoms with E-state index in [4.69, 9.17) is 4.74 Å².